The standard InChI is InChI=1S/C16H27N/c1-3-7-15(8-5-6-13-17)16-11-9-14(4-2)10-12-16/h4,14-16H,2-3,5-12H2,1H3. The first-order chi connectivity index (χ1) is 8.31. The largest absolute Gasteiger partial charge is 0.198 e. The van der Waals surface area contributed by atoms with Crippen LogP contribution in [0.5, 0.6) is 0 Å². The fourth-order valence-electron chi connectivity index (χ4n) is 3.28. The van der Waals surface area contributed by atoms with E-state index in [2.05, 4.69) is 25.6 Å². The van der Waals surface area contributed by atoms with Crippen LogP contribution in [0, 0.1) is 29.1 Å². The summed E-state index contributed by atoms with van der Waals surface area (Å²) in [5, 5.41) is 8.62. The zero-order chi connectivity index (χ0) is 12.5. The van der Waals surface area contributed by atoms with Crippen LogP contribution in [0.1, 0.15) is 64.7 Å². The van der Waals surface area contributed by atoms with Gasteiger partial charge in [-0.1, -0.05) is 25.8 Å². The number of hydrogen-bond acceptors (Lipinski definition) is 1. The molecule has 0 spiro atoms. The van der Waals surface area contributed by atoms with E-state index in [9.17, 15) is 0 Å². The van der Waals surface area contributed by atoms with Crippen LogP contribution < -0.4 is 0 Å². The molecule has 0 aromatic rings. The number of rotatable bonds is 7. The molecular weight excluding hydrogens is 206 g/mol. The van der Waals surface area contributed by atoms with Crippen LogP contribution in [0.3, 0.4) is 0 Å². The molecule has 96 valence electrons. The highest BCUT2D eigenvalue weighted by Crippen LogP contribution is 2.37. The Morgan fingerprint density at radius 2 is 2.00 bits per heavy atom. The maximum atomic E-state index is 8.62. The minimum atomic E-state index is 0.738. The van der Waals surface area contributed by atoms with Gasteiger partial charge in [-0.3, -0.25) is 0 Å². The van der Waals surface area contributed by atoms with E-state index >= 15 is 0 Å². The Morgan fingerprint density at radius 3 is 2.53 bits per heavy atom. The Hall–Kier alpha value is -0.770. The van der Waals surface area contributed by atoms with E-state index in [4.69, 9.17) is 5.26 Å². The molecule has 1 heteroatoms. The minimum Gasteiger partial charge on any atom is -0.198 e. The van der Waals surface area contributed by atoms with Crippen molar-refractivity contribution in [3.63, 3.8) is 0 Å². The van der Waals surface area contributed by atoms with E-state index in [1.54, 1.807) is 0 Å². The summed E-state index contributed by atoms with van der Waals surface area (Å²) in [4.78, 5) is 0. The molecular formula is C16H27N. The van der Waals surface area contributed by atoms with Crippen molar-refractivity contribution in [3.05, 3.63) is 12.7 Å². The van der Waals surface area contributed by atoms with Crippen molar-refractivity contribution in [3.8, 4) is 6.07 Å². The molecule has 1 nitrogen and oxygen atoms in total. The Labute approximate surface area is 107 Å². The van der Waals surface area contributed by atoms with Gasteiger partial charge in [-0.05, 0) is 56.3 Å². The number of hydrogen-bond donors (Lipinski definition) is 0. The zero-order valence-corrected chi connectivity index (χ0v) is 11.3. The van der Waals surface area contributed by atoms with Gasteiger partial charge in [-0.15, -0.1) is 6.58 Å². The Kier molecular flexibility index (Phi) is 7.01. The maximum absolute atomic E-state index is 8.62. The highest BCUT2D eigenvalue weighted by atomic mass is 14.3. The van der Waals surface area contributed by atoms with Crippen molar-refractivity contribution in [1.82, 2.24) is 0 Å². The fourth-order valence-corrected chi connectivity index (χ4v) is 3.28. The average molecular weight is 233 g/mol. The van der Waals surface area contributed by atoms with Gasteiger partial charge in [-0.2, -0.15) is 5.26 Å². The second-order valence-corrected chi connectivity index (χ2v) is 5.51. The first-order valence-corrected chi connectivity index (χ1v) is 7.31. The summed E-state index contributed by atoms with van der Waals surface area (Å²) in [5.41, 5.74) is 0. The fraction of sp³-hybridized carbons (Fsp3) is 0.812. The molecule has 17 heavy (non-hydrogen) atoms. The van der Waals surface area contributed by atoms with Crippen LogP contribution in [-0.2, 0) is 0 Å². The quantitative estimate of drug-likeness (QED) is 0.444. The van der Waals surface area contributed by atoms with Crippen molar-refractivity contribution >= 4 is 0 Å². The molecule has 1 aliphatic carbocycles. The highest BCUT2D eigenvalue weighted by Gasteiger charge is 2.25. The lowest BCUT2D eigenvalue weighted by Gasteiger charge is -2.33. The van der Waals surface area contributed by atoms with Crippen molar-refractivity contribution in [2.45, 2.75) is 64.7 Å². The smallest absolute Gasteiger partial charge is 0.0621 e. The normalized spacial score (nSPS) is 26.1. The molecule has 1 fully saturated rings. The third-order valence-electron chi connectivity index (χ3n) is 4.34. The van der Waals surface area contributed by atoms with Gasteiger partial charge in [0.25, 0.3) is 0 Å². The van der Waals surface area contributed by atoms with E-state index in [1.807, 2.05) is 0 Å². The number of allylic oxidation sites excluding steroid dienone is 1. The van der Waals surface area contributed by atoms with Crippen molar-refractivity contribution in [2.24, 2.45) is 17.8 Å². The lowest BCUT2D eigenvalue weighted by molar-refractivity contribution is 0.200. The van der Waals surface area contributed by atoms with E-state index in [0.717, 1.165) is 30.6 Å². The van der Waals surface area contributed by atoms with Gasteiger partial charge in [0.2, 0.25) is 0 Å². The SMILES string of the molecule is C=CC1CCC(C(CCC)CCCC#N)CC1. The van der Waals surface area contributed by atoms with Crippen LogP contribution in [0.15, 0.2) is 12.7 Å². The molecule has 0 aromatic carbocycles. The Morgan fingerprint density at radius 1 is 1.29 bits per heavy atom. The first-order valence-electron chi connectivity index (χ1n) is 7.31. The topological polar surface area (TPSA) is 23.8 Å². The summed E-state index contributed by atoms with van der Waals surface area (Å²) in [6, 6.07) is 2.27. The molecule has 1 rings (SSSR count). The first kappa shape index (κ1) is 14.3. The monoisotopic (exact) mass is 233 g/mol. The van der Waals surface area contributed by atoms with Crippen LogP contribution in [0.4, 0.5) is 0 Å². The molecule has 0 aromatic heterocycles. The minimum absolute atomic E-state index is 0.738. The van der Waals surface area contributed by atoms with Crippen molar-refractivity contribution < 1.29 is 0 Å². The predicted molar refractivity (Wildman–Crippen MR) is 73.5 cm³/mol. The third kappa shape index (κ3) is 4.94. The number of nitriles is 1. The summed E-state index contributed by atoms with van der Waals surface area (Å²) < 4.78 is 0. The van der Waals surface area contributed by atoms with Gasteiger partial charge in [0.15, 0.2) is 0 Å². The van der Waals surface area contributed by atoms with Crippen molar-refractivity contribution in [2.75, 3.05) is 0 Å². The van der Waals surface area contributed by atoms with E-state index in [1.165, 1.54) is 44.9 Å². The predicted octanol–water partition coefficient (Wildman–Crippen LogP) is 5.09. The molecule has 0 saturated heterocycles. The molecule has 0 aliphatic heterocycles. The van der Waals surface area contributed by atoms with Crippen LogP contribution in [0.25, 0.3) is 0 Å². The Balaban J connectivity index is 2.36. The molecule has 1 aliphatic rings. The van der Waals surface area contributed by atoms with Crippen LogP contribution >= 0.6 is 0 Å². The number of unbranched alkanes of at least 4 members (excludes halogenated alkanes) is 1. The van der Waals surface area contributed by atoms with Gasteiger partial charge >= 0.3 is 0 Å². The maximum Gasteiger partial charge on any atom is 0.0621 e. The van der Waals surface area contributed by atoms with Crippen molar-refractivity contribution in [1.29, 1.82) is 5.26 Å². The summed E-state index contributed by atoms with van der Waals surface area (Å²) in [6.07, 6.45) is 13.3. The molecule has 0 bridgehead atoms. The van der Waals surface area contributed by atoms with Gasteiger partial charge in [0.05, 0.1) is 6.07 Å². The summed E-state index contributed by atoms with van der Waals surface area (Å²) >= 11 is 0. The average Bonchev–Trinajstić information content (AvgIpc) is 2.38. The van der Waals surface area contributed by atoms with E-state index < -0.39 is 0 Å². The third-order valence-corrected chi connectivity index (χ3v) is 4.34. The molecule has 0 heterocycles. The summed E-state index contributed by atoms with van der Waals surface area (Å²) in [6.45, 7) is 6.20. The van der Waals surface area contributed by atoms with Gasteiger partial charge < -0.3 is 0 Å². The van der Waals surface area contributed by atoms with Gasteiger partial charge in [0, 0.05) is 6.42 Å². The second kappa shape index (κ2) is 8.34. The summed E-state index contributed by atoms with van der Waals surface area (Å²) in [7, 11) is 0. The van der Waals surface area contributed by atoms with Crippen LogP contribution in [0.2, 0.25) is 0 Å². The zero-order valence-electron chi connectivity index (χ0n) is 11.3. The molecule has 0 N–H and O–H groups in total. The molecule has 0 amide bonds. The molecule has 1 unspecified atom stereocenters. The van der Waals surface area contributed by atoms with Gasteiger partial charge in [-0.25, -0.2) is 0 Å². The second-order valence-electron chi connectivity index (χ2n) is 5.51. The lowest BCUT2D eigenvalue weighted by Crippen LogP contribution is -2.21. The molecule has 0 radical (unpaired) electrons. The van der Waals surface area contributed by atoms with E-state index in [0.29, 0.717) is 0 Å². The summed E-state index contributed by atoms with van der Waals surface area (Å²) in [5.74, 6) is 2.57. The highest BCUT2D eigenvalue weighted by molar-refractivity contribution is 4.86. The van der Waals surface area contributed by atoms with Gasteiger partial charge in [0.1, 0.15) is 0 Å². The molecule has 1 atom stereocenters. The molecule has 1 saturated carbocycles. The Bertz CT molecular complexity index is 243. The van der Waals surface area contributed by atoms with Crippen LogP contribution in [-0.4, -0.2) is 0 Å². The number of nitrogens with zero attached hydrogens (tertiary/aromatic N) is 1. The van der Waals surface area contributed by atoms with E-state index in [-0.39, 0.29) is 0 Å². The lowest BCUT2D eigenvalue weighted by atomic mass is 9.73.